The fourth-order valence-corrected chi connectivity index (χ4v) is 4.08. The first-order valence-electron chi connectivity index (χ1n) is 8.08. The molecule has 0 spiro atoms. The molecule has 26 heavy (non-hydrogen) atoms. The van der Waals surface area contributed by atoms with Crippen LogP contribution in [0.2, 0.25) is 0 Å². The number of hydrogen-bond acceptors (Lipinski definition) is 5. The van der Waals surface area contributed by atoms with Gasteiger partial charge in [0, 0.05) is 24.0 Å². The summed E-state index contributed by atoms with van der Waals surface area (Å²) < 4.78 is 1.11. The fourth-order valence-electron chi connectivity index (χ4n) is 2.36. The summed E-state index contributed by atoms with van der Waals surface area (Å²) in [5.74, 6) is -0.0361. The van der Waals surface area contributed by atoms with Gasteiger partial charge in [0.2, 0.25) is 0 Å². The van der Waals surface area contributed by atoms with E-state index in [1.807, 2.05) is 43.8 Å². The minimum atomic E-state index is -0.0361. The smallest absolute Gasteiger partial charge is 0.252 e. The molecule has 2 heterocycles. The molecule has 0 atom stereocenters. The maximum Gasteiger partial charge on any atom is 0.252 e. The summed E-state index contributed by atoms with van der Waals surface area (Å²) >= 11 is 3.18. The predicted octanol–water partition coefficient (Wildman–Crippen LogP) is 4.70. The van der Waals surface area contributed by atoms with Gasteiger partial charge in [0.25, 0.3) is 5.91 Å². The Morgan fingerprint density at radius 3 is 2.73 bits per heavy atom. The molecule has 1 aromatic carbocycles. The molecule has 1 amide bonds. The molecule has 0 aliphatic heterocycles. The molecule has 2 aromatic heterocycles. The van der Waals surface area contributed by atoms with Gasteiger partial charge >= 0.3 is 0 Å². The van der Waals surface area contributed by atoms with Crippen LogP contribution in [-0.4, -0.2) is 43.0 Å². The van der Waals surface area contributed by atoms with Crippen LogP contribution in [0.25, 0.3) is 16.3 Å². The summed E-state index contributed by atoms with van der Waals surface area (Å²) in [6, 6.07) is 10.2. The molecule has 0 saturated heterocycles. The van der Waals surface area contributed by atoms with E-state index in [1.54, 1.807) is 33.6 Å². The fraction of sp³-hybridized carbons (Fsp3) is 0.263. The lowest BCUT2D eigenvalue weighted by Crippen LogP contribution is -2.35. The summed E-state index contributed by atoms with van der Waals surface area (Å²) in [4.78, 5) is 22.4. The Kier molecular flexibility index (Phi) is 7.34. The molecule has 0 aliphatic rings. The molecule has 0 fully saturated rings. The van der Waals surface area contributed by atoms with E-state index in [0.717, 1.165) is 26.8 Å². The largest absolute Gasteiger partial charge is 0.308 e. The topological polar surface area (TPSA) is 36.4 Å². The number of carbonyl (C=O) groups is 1. The highest BCUT2D eigenvalue weighted by molar-refractivity contribution is 7.22. The lowest BCUT2D eigenvalue weighted by Gasteiger charge is -2.20. The molecule has 3 aromatic rings. The zero-order valence-electron chi connectivity index (χ0n) is 15.0. The molecule has 0 bridgehead atoms. The molecule has 7 heteroatoms. The Labute approximate surface area is 168 Å². The molecule has 0 radical (unpaired) electrons. The third-order valence-electron chi connectivity index (χ3n) is 3.73. The number of thiazole rings is 1. The van der Waals surface area contributed by atoms with Crippen molar-refractivity contribution in [1.82, 2.24) is 9.88 Å². The van der Waals surface area contributed by atoms with Crippen LogP contribution in [0.3, 0.4) is 0 Å². The highest BCUT2D eigenvalue weighted by Crippen LogP contribution is 2.29. The zero-order chi connectivity index (χ0) is 17.8. The van der Waals surface area contributed by atoms with E-state index in [9.17, 15) is 4.79 Å². The van der Waals surface area contributed by atoms with E-state index in [2.05, 4.69) is 28.9 Å². The monoisotopic (exact) mass is 407 g/mol. The number of nitrogens with zero attached hydrogens (tertiary/aromatic N) is 3. The second-order valence-corrected chi connectivity index (χ2v) is 8.10. The molecule has 4 nitrogen and oxygen atoms in total. The van der Waals surface area contributed by atoms with Crippen LogP contribution in [0.15, 0.2) is 41.8 Å². The number of thiophene rings is 1. The van der Waals surface area contributed by atoms with Crippen LogP contribution in [0.4, 0.5) is 5.13 Å². The van der Waals surface area contributed by atoms with Crippen molar-refractivity contribution in [2.45, 2.75) is 6.92 Å². The number of aromatic nitrogens is 1. The van der Waals surface area contributed by atoms with Gasteiger partial charge in [-0.15, -0.1) is 23.7 Å². The van der Waals surface area contributed by atoms with E-state index < -0.39 is 0 Å². The molecule has 0 unspecified atom stereocenters. The molecular weight excluding hydrogens is 386 g/mol. The van der Waals surface area contributed by atoms with Crippen LogP contribution in [-0.2, 0) is 4.79 Å². The Bertz CT molecular complexity index is 887. The number of halogens is 1. The Morgan fingerprint density at radius 1 is 1.23 bits per heavy atom. The van der Waals surface area contributed by atoms with Crippen molar-refractivity contribution in [3.8, 4) is 0 Å². The van der Waals surface area contributed by atoms with Crippen LogP contribution in [0, 0.1) is 6.92 Å². The quantitative estimate of drug-likeness (QED) is 0.556. The van der Waals surface area contributed by atoms with Crippen LogP contribution in [0.1, 0.15) is 10.4 Å². The number of anilines is 1. The molecule has 0 N–H and O–H groups in total. The standard InChI is InChI=1S/C19H21N3OS2.ClH/c1-14-6-8-16-17(13-14)25-19(20-16)22(11-10-21(2)3)18(23)9-7-15-5-4-12-24-15;/h4-9,12-13H,10-11H2,1-3H3;1H. The Morgan fingerprint density at radius 2 is 2.04 bits per heavy atom. The highest BCUT2D eigenvalue weighted by Gasteiger charge is 2.18. The van der Waals surface area contributed by atoms with Gasteiger partial charge in [-0.05, 0) is 56.2 Å². The van der Waals surface area contributed by atoms with Gasteiger partial charge < -0.3 is 4.90 Å². The summed E-state index contributed by atoms with van der Waals surface area (Å²) in [5.41, 5.74) is 2.14. The molecular formula is C19H22ClN3OS2. The van der Waals surface area contributed by atoms with Crippen molar-refractivity contribution < 1.29 is 4.79 Å². The van der Waals surface area contributed by atoms with E-state index >= 15 is 0 Å². The lowest BCUT2D eigenvalue weighted by atomic mass is 10.2. The normalized spacial score (nSPS) is 11.2. The third-order valence-corrected chi connectivity index (χ3v) is 5.61. The minimum Gasteiger partial charge on any atom is -0.308 e. The van der Waals surface area contributed by atoms with E-state index in [1.165, 1.54) is 5.56 Å². The van der Waals surface area contributed by atoms with Gasteiger partial charge in [0.1, 0.15) is 0 Å². The average Bonchev–Trinajstić information content (AvgIpc) is 3.21. The number of fused-ring (bicyclic) bond motifs is 1. The van der Waals surface area contributed by atoms with Gasteiger partial charge in [-0.25, -0.2) is 4.98 Å². The van der Waals surface area contributed by atoms with Gasteiger partial charge in [-0.1, -0.05) is 23.5 Å². The van der Waals surface area contributed by atoms with E-state index in [0.29, 0.717) is 6.54 Å². The SMILES string of the molecule is Cc1ccc2nc(N(CCN(C)C)C(=O)C=Cc3cccs3)sc2c1.Cl. The third kappa shape index (κ3) is 5.14. The molecule has 3 rings (SSSR count). The van der Waals surface area contributed by atoms with Crippen molar-refractivity contribution in [3.05, 3.63) is 52.2 Å². The van der Waals surface area contributed by atoms with Crippen molar-refractivity contribution in [2.24, 2.45) is 0 Å². The number of rotatable bonds is 6. The second-order valence-electron chi connectivity index (χ2n) is 6.11. The summed E-state index contributed by atoms with van der Waals surface area (Å²) in [6.07, 6.45) is 3.51. The van der Waals surface area contributed by atoms with Gasteiger partial charge in [-0.2, -0.15) is 0 Å². The highest BCUT2D eigenvalue weighted by atomic mass is 35.5. The van der Waals surface area contributed by atoms with E-state index in [4.69, 9.17) is 0 Å². The Balaban J connectivity index is 0.00000243. The number of likely N-dealkylation sites (N-methyl/N-ethyl adjacent to an activating group) is 1. The van der Waals surface area contributed by atoms with Crippen LogP contribution in [0.5, 0.6) is 0 Å². The second kappa shape index (κ2) is 9.28. The molecule has 0 aliphatic carbocycles. The molecule has 0 saturated carbocycles. The predicted molar refractivity (Wildman–Crippen MR) is 116 cm³/mol. The molecule has 138 valence electrons. The van der Waals surface area contributed by atoms with E-state index in [-0.39, 0.29) is 18.3 Å². The summed E-state index contributed by atoms with van der Waals surface area (Å²) in [6.45, 7) is 3.46. The Hall–Kier alpha value is -1.73. The first-order chi connectivity index (χ1) is 12.0. The zero-order valence-corrected chi connectivity index (χ0v) is 17.5. The maximum atomic E-state index is 12.8. The maximum absolute atomic E-state index is 12.8. The van der Waals surface area contributed by atoms with Crippen LogP contribution >= 0.6 is 35.1 Å². The first-order valence-corrected chi connectivity index (χ1v) is 9.77. The van der Waals surface area contributed by atoms with Crippen molar-refractivity contribution in [3.63, 3.8) is 0 Å². The summed E-state index contributed by atoms with van der Waals surface area (Å²) in [7, 11) is 4.01. The first kappa shape index (κ1) is 20.6. The number of benzene rings is 1. The number of hydrogen-bond donors (Lipinski definition) is 0. The minimum absolute atomic E-state index is 0. The number of aryl methyl sites for hydroxylation is 1. The van der Waals surface area contributed by atoms with Crippen molar-refractivity contribution in [1.29, 1.82) is 0 Å². The number of amides is 1. The lowest BCUT2D eigenvalue weighted by molar-refractivity contribution is -0.114. The number of carbonyl (C=O) groups excluding carboxylic acids is 1. The summed E-state index contributed by atoms with van der Waals surface area (Å²) in [5, 5.41) is 2.76. The van der Waals surface area contributed by atoms with Crippen molar-refractivity contribution >= 4 is 62.4 Å². The average molecular weight is 408 g/mol. The van der Waals surface area contributed by atoms with Gasteiger partial charge in [-0.3, -0.25) is 9.69 Å². The van der Waals surface area contributed by atoms with Crippen molar-refractivity contribution in [2.75, 3.05) is 32.1 Å². The van der Waals surface area contributed by atoms with Crippen LogP contribution < -0.4 is 4.90 Å². The van der Waals surface area contributed by atoms with Gasteiger partial charge in [0.05, 0.1) is 10.2 Å². The van der Waals surface area contributed by atoms with Gasteiger partial charge in [0.15, 0.2) is 5.13 Å².